The molecule has 1 aromatic heterocycles. The van der Waals surface area contributed by atoms with E-state index >= 15 is 0 Å². The van der Waals surface area contributed by atoms with Gasteiger partial charge in [-0.05, 0) is 37.5 Å². The number of hydrogen-bond donors (Lipinski definition) is 1. The standard InChI is InChI=1S/C16H19ClN4OS/c1-11-6-7-12(17)9-13(11)18-15(22)10-23-16-20-19-14-5-3-2-4-8-21(14)16/h6-7,9H,2-5,8,10H2,1H3,(H,18,22). The van der Waals surface area contributed by atoms with Gasteiger partial charge in [0.05, 0.1) is 5.75 Å². The summed E-state index contributed by atoms with van der Waals surface area (Å²) in [5.74, 6) is 1.28. The van der Waals surface area contributed by atoms with Gasteiger partial charge in [-0.1, -0.05) is 35.9 Å². The van der Waals surface area contributed by atoms with Gasteiger partial charge in [0.1, 0.15) is 5.82 Å². The lowest BCUT2D eigenvalue weighted by molar-refractivity contribution is -0.113. The maximum atomic E-state index is 12.2. The Morgan fingerprint density at radius 2 is 2.22 bits per heavy atom. The Hall–Kier alpha value is -1.53. The second-order valence-corrected chi connectivity index (χ2v) is 7.04. The zero-order valence-electron chi connectivity index (χ0n) is 13.0. The second kappa shape index (κ2) is 7.36. The first-order valence-corrected chi connectivity index (χ1v) is 9.11. The number of aromatic nitrogens is 3. The van der Waals surface area contributed by atoms with Crippen LogP contribution in [-0.2, 0) is 17.8 Å². The van der Waals surface area contributed by atoms with Crippen molar-refractivity contribution in [2.75, 3.05) is 11.1 Å². The van der Waals surface area contributed by atoms with Crippen molar-refractivity contribution in [3.8, 4) is 0 Å². The van der Waals surface area contributed by atoms with Crippen molar-refractivity contribution in [3.05, 3.63) is 34.6 Å². The zero-order valence-corrected chi connectivity index (χ0v) is 14.6. The molecule has 1 aliphatic heterocycles. The molecule has 1 amide bonds. The SMILES string of the molecule is Cc1ccc(Cl)cc1NC(=O)CSc1nnc2n1CCCCC2. The summed E-state index contributed by atoms with van der Waals surface area (Å²) in [5.41, 5.74) is 1.74. The molecular weight excluding hydrogens is 332 g/mol. The number of amides is 1. The maximum absolute atomic E-state index is 12.2. The number of carbonyl (C=O) groups is 1. The van der Waals surface area contributed by atoms with E-state index in [2.05, 4.69) is 20.1 Å². The van der Waals surface area contributed by atoms with E-state index in [0.717, 1.165) is 48.0 Å². The zero-order chi connectivity index (χ0) is 16.2. The average Bonchev–Trinajstić information content (AvgIpc) is 2.76. The molecule has 0 bridgehead atoms. The molecule has 1 N–H and O–H groups in total. The van der Waals surface area contributed by atoms with Crippen LogP contribution in [0.15, 0.2) is 23.4 Å². The molecule has 0 radical (unpaired) electrons. The van der Waals surface area contributed by atoms with Gasteiger partial charge < -0.3 is 9.88 Å². The molecule has 0 saturated carbocycles. The van der Waals surface area contributed by atoms with Crippen LogP contribution in [0.25, 0.3) is 0 Å². The number of fused-ring (bicyclic) bond motifs is 1. The van der Waals surface area contributed by atoms with E-state index in [9.17, 15) is 4.79 Å². The van der Waals surface area contributed by atoms with E-state index in [1.807, 2.05) is 19.1 Å². The molecule has 0 unspecified atom stereocenters. The van der Waals surface area contributed by atoms with Crippen molar-refractivity contribution in [1.82, 2.24) is 14.8 Å². The Labute approximate surface area is 144 Å². The van der Waals surface area contributed by atoms with Crippen LogP contribution < -0.4 is 5.32 Å². The molecule has 3 rings (SSSR count). The third-order valence-corrected chi connectivity index (χ3v) is 5.08. The lowest BCUT2D eigenvalue weighted by atomic mass is 10.2. The van der Waals surface area contributed by atoms with E-state index in [0.29, 0.717) is 10.8 Å². The first kappa shape index (κ1) is 16.3. The average molecular weight is 351 g/mol. The summed E-state index contributed by atoms with van der Waals surface area (Å²) in [5, 5.41) is 12.8. The fourth-order valence-electron chi connectivity index (χ4n) is 2.61. The van der Waals surface area contributed by atoms with Crippen molar-refractivity contribution < 1.29 is 4.79 Å². The monoisotopic (exact) mass is 350 g/mol. The number of nitrogens with one attached hydrogen (secondary N) is 1. The normalized spacial score (nSPS) is 14.2. The van der Waals surface area contributed by atoms with Crippen LogP contribution in [-0.4, -0.2) is 26.4 Å². The quantitative estimate of drug-likeness (QED) is 0.854. The highest BCUT2D eigenvalue weighted by Gasteiger charge is 2.16. The van der Waals surface area contributed by atoms with Crippen LogP contribution in [0.5, 0.6) is 0 Å². The molecule has 2 aromatic rings. The minimum Gasteiger partial charge on any atom is -0.325 e. The molecule has 0 atom stereocenters. The minimum atomic E-state index is -0.0636. The highest BCUT2D eigenvalue weighted by atomic mass is 35.5. The molecule has 1 aliphatic rings. The molecule has 1 aromatic carbocycles. The molecule has 122 valence electrons. The predicted molar refractivity (Wildman–Crippen MR) is 93.1 cm³/mol. The van der Waals surface area contributed by atoms with E-state index in [4.69, 9.17) is 11.6 Å². The van der Waals surface area contributed by atoms with Gasteiger partial charge in [-0.15, -0.1) is 10.2 Å². The van der Waals surface area contributed by atoms with Crippen LogP contribution in [0.2, 0.25) is 5.02 Å². The highest BCUT2D eigenvalue weighted by Crippen LogP contribution is 2.23. The van der Waals surface area contributed by atoms with Crippen molar-refractivity contribution in [3.63, 3.8) is 0 Å². The first-order valence-electron chi connectivity index (χ1n) is 7.74. The lowest BCUT2D eigenvalue weighted by Crippen LogP contribution is -2.15. The number of anilines is 1. The van der Waals surface area contributed by atoms with Gasteiger partial charge in [0.2, 0.25) is 5.91 Å². The van der Waals surface area contributed by atoms with Gasteiger partial charge in [-0.25, -0.2) is 0 Å². The number of thioether (sulfide) groups is 1. The fourth-order valence-corrected chi connectivity index (χ4v) is 3.57. The predicted octanol–water partition coefficient (Wildman–Crippen LogP) is 3.70. The van der Waals surface area contributed by atoms with Crippen LogP contribution in [0.1, 0.15) is 30.7 Å². The van der Waals surface area contributed by atoms with Crippen molar-refractivity contribution in [2.45, 2.75) is 44.3 Å². The van der Waals surface area contributed by atoms with Crippen LogP contribution in [0.3, 0.4) is 0 Å². The molecule has 7 heteroatoms. The number of aryl methyl sites for hydroxylation is 2. The Morgan fingerprint density at radius 3 is 3.09 bits per heavy atom. The highest BCUT2D eigenvalue weighted by molar-refractivity contribution is 7.99. The van der Waals surface area contributed by atoms with Crippen molar-refractivity contribution >= 4 is 35.0 Å². The smallest absolute Gasteiger partial charge is 0.234 e. The van der Waals surface area contributed by atoms with Crippen molar-refractivity contribution in [2.24, 2.45) is 0 Å². The van der Waals surface area contributed by atoms with E-state index in [1.54, 1.807) is 6.07 Å². The molecule has 0 aliphatic carbocycles. The number of rotatable bonds is 4. The van der Waals surface area contributed by atoms with E-state index < -0.39 is 0 Å². The van der Waals surface area contributed by atoms with Crippen LogP contribution in [0, 0.1) is 6.92 Å². The summed E-state index contributed by atoms with van der Waals surface area (Å²) in [6.07, 6.45) is 4.51. The third-order valence-electron chi connectivity index (χ3n) is 3.88. The lowest BCUT2D eigenvalue weighted by Gasteiger charge is -2.09. The fraction of sp³-hybridized carbons (Fsp3) is 0.438. The second-order valence-electron chi connectivity index (χ2n) is 5.66. The molecular formula is C16H19ClN4OS. The van der Waals surface area contributed by atoms with Crippen molar-refractivity contribution in [1.29, 1.82) is 0 Å². The van der Waals surface area contributed by atoms with Gasteiger partial charge in [-0.3, -0.25) is 4.79 Å². The van der Waals surface area contributed by atoms with Crippen LogP contribution >= 0.6 is 23.4 Å². The summed E-state index contributed by atoms with van der Waals surface area (Å²) in [6.45, 7) is 2.89. The van der Waals surface area contributed by atoms with E-state index in [-0.39, 0.29) is 5.91 Å². The molecule has 2 heterocycles. The number of halogens is 1. The topological polar surface area (TPSA) is 59.8 Å². The van der Waals surface area contributed by atoms with Gasteiger partial charge in [0.25, 0.3) is 0 Å². The van der Waals surface area contributed by atoms with Crippen LogP contribution in [0.4, 0.5) is 5.69 Å². The van der Waals surface area contributed by atoms with E-state index in [1.165, 1.54) is 18.2 Å². The largest absolute Gasteiger partial charge is 0.325 e. The minimum absolute atomic E-state index is 0.0636. The summed E-state index contributed by atoms with van der Waals surface area (Å²) in [6, 6.07) is 5.47. The Morgan fingerprint density at radius 1 is 1.35 bits per heavy atom. The summed E-state index contributed by atoms with van der Waals surface area (Å²) < 4.78 is 2.15. The van der Waals surface area contributed by atoms with Gasteiger partial charge >= 0.3 is 0 Å². The molecule has 23 heavy (non-hydrogen) atoms. The molecule has 0 spiro atoms. The molecule has 0 fully saturated rings. The Balaban J connectivity index is 1.61. The van der Waals surface area contributed by atoms with Gasteiger partial charge in [0, 0.05) is 23.7 Å². The number of carbonyl (C=O) groups excluding carboxylic acids is 1. The number of nitrogens with zero attached hydrogens (tertiary/aromatic N) is 3. The van der Waals surface area contributed by atoms with Gasteiger partial charge in [0.15, 0.2) is 5.16 Å². The molecule has 0 saturated heterocycles. The first-order chi connectivity index (χ1) is 11.1. The summed E-state index contributed by atoms with van der Waals surface area (Å²) in [7, 11) is 0. The summed E-state index contributed by atoms with van der Waals surface area (Å²) >= 11 is 7.41. The molecule has 5 nitrogen and oxygen atoms in total. The maximum Gasteiger partial charge on any atom is 0.234 e. The summed E-state index contributed by atoms with van der Waals surface area (Å²) in [4.78, 5) is 12.2. The third kappa shape index (κ3) is 4.06. The number of benzene rings is 1. The Kier molecular flexibility index (Phi) is 5.23. The van der Waals surface area contributed by atoms with Gasteiger partial charge in [-0.2, -0.15) is 0 Å². The number of hydrogen-bond acceptors (Lipinski definition) is 4. The Bertz CT molecular complexity index is 716.